The maximum Gasteiger partial charge on any atom is 0.0624 e. The average molecular weight is 328 g/mol. The number of hydrogen-bond donors (Lipinski definition) is 1. The lowest BCUT2D eigenvalue weighted by Gasteiger charge is -2.35. The number of hydrogen-bond acceptors (Lipinski definition) is 1. The van der Waals surface area contributed by atoms with E-state index in [1.165, 1.54) is 25.7 Å². The highest BCUT2D eigenvalue weighted by molar-refractivity contribution is 6.42. The molecule has 1 nitrogen and oxygen atoms in total. The topological polar surface area (TPSA) is 12.0 Å². The minimum absolute atomic E-state index is 0.495. The van der Waals surface area contributed by atoms with Gasteiger partial charge in [-0.25, -0.2) is 0 Å². The van der Waals surface area contributed by atoms with Crippen LogP contribution in [0.3, 0.4) is 0 Å². The van der Waals surface area contributed by atoms with Crippen molar-refractivity contribution in [1.29, 1.82) is 0 Å². The Kier molecular flexibility index (Phi) is 6.40. The van der Waals surface area contributed by atoms with Gasteiger partial charge >= 0.3 is 0 Å². The number of halogens is 2. The summed E-state index contributed by atoms with van der Waals surface area (Å²) in [7, 11) is 2.07. The molecule has 1 atom stereocenters. The Morgan fingerprint density at radius 3 is 2.29 bits per heavy atom. The van der Waals surface area contributed by atoms with Crippen molar-refractivity contribution in [2.75, 3.05) is 7.05 Å². The van der Waals surface area contributed by atoms with Gasteiger partial charge < -0.3 is 5.32 Å². The lowest BCUT2D eigenvalue weighted by atomic mass is 9.73. The minimum atomic E-state index is 0.495. The molecule has 1 fully saturated rings. The van der Waals surface area contributed by atoms with Gasteiger partial charge in [-0.2, -0.15) is 0 Å². The quantitative estimate of drug-likeness (QED) is 0.743. The molecule has 118 valence electrons. The molecule has 0 aromatic heterocycles. The largest absolute Gasteiger partial charge is 0.316 e. The number of likely N-dealkylation sites (N-methyl/N-ethyl adjacent to an activating group) is 1. The predicted octanol–water partition coefficient (Wildman–Crippen LogP) is 5.59. The zero-order valence-electron chi connectivity index (χ0n) is 13.3. The summed E-state index contributed by atoms with van der Waals surface area (Å²) >= 11 is 12.5. The monoisotopic (exact) mass is 327 g/mol. The van der Waals surface area contributed by atoms with Gasteiger partial charge in [0.25, 0.3) is 0 Å². The lowest BCUT2D eigenvalue weighted by molar-refractivity contribution is 0.191. The van der Waals surface area contributed by atoms with Crippen LogP contribution in [-0.2, 0) is 6.42 Å². The average Bonchev–Trinajstić information content (AvgIpc) is 2.49. The van der Waals surface area contributed by atoms with Gasteiger partial charge in [0.2, 0.25) is 0 Å². The molecule has 0 aliphatic heterocycles. The van der Waals surface area contributed by atoms with Gasteiger partial charge in [-0.3, -0.25) is 0 Å². The summed E-state index contributed by atoms with van der Waals surface area (Å²) in [4.78, 5) is 0. The van der Waals surface area contributed by atoms with E-state index in [9.17, 15) is 0 Å². The van der Waals surface area contributed by atoms with Crippen LogP contribution in [-0.4, -0.2) is 13.1 Å². The zero-order valence-corrected chi connectivity index (χ0v) is 14.8. The second-order valence-electron chi connectivity index (χ2n) is 6.73. The van der Waals surface area contributed by atoms with Crippen LogP contribution in [0.25, 0.3) is 0 Å². The summed E-state index contributed by atoms with van der Waals surface area (Å²) in [6, 6.07) is 6.44. The van der Waals surface area contributed by atoms with Crippen molar-refractivity contribution in [2.24, 2.45) is 17.8 Å². The van der Waals surface area contributed by atoms with Crippen LogP contribution < -0.4 is 5.32 Å². The number of benzene rings is 1. The molecule has 21 heavy (non-hydrogen) atoms. The van der Waals surface area contributed by atoms with E-state index >= 15 is 0 Å². The van der Waals surface area contributed by atoms with Crippen LogP contribution in [0, 0.1) is 17.8 Å². The van der Waals surface area contributed by atoms with Crippen molar-refractivity contribution in [3.63, 3.8) is 0 Å². The van der Waals surface area contributed by atoms with E-state index in [1.54, 1.807) is 0 Å². The summed E-state index contributed by atoms with van der Waals surface area (Å²) in [5.41, 5.74) is 1.16. The molecule has 1 aromatic carbocycles. The zero-order chi connectivity index (χ0) is 15.4. The van der Waals surface area contributed by atoms with Crippen LogP contribution in [0.2, 0.25) is 10.0 Å². The molecule has 0 saturated heterocycles. The van der Waals surface area contributed by atoms with E-state index in [2.05, 4.69) is 32.3 Å². The third kappa shape index (κ3) is 4.37. The second-order valence-corrected chi connectivity index (χ2v) is 7.52. The van der Waals surface area contributed by atoms with Gasteiger partial charge in [0.15, 0.2) is 0 Å². The molecule has 2 rings (SSSR count). The maximum atomic E-state index is 6.34. The van der Waals surface area contributed by atoms with Crippen molar-refractivity contribution in [2.45, 2.75) is 52.0 Å². The van der Waals surface area contributed by atoms with Gasteiger partial charge in [0.05, 0.1) is 10.0 Å². The van der Waals surface area contributed by atoms with Crippen LogP contribution in [0.4, 0.5) is 0 Å². The van der Waals surface area contributed by atoms with E-state index in [4.69, 9.17) is 23.2 Å². The first-order valence-electron chi connectivity index (χ1n) is 8.13. The van der Waals surface area contributed by atoms with E-state index in [0.717, 1.165) is 34.8 Å². The Hall–Kier alpha value is -0.240. The highest BCUT2D eigenvalue weighted by Gasteiger charge is 2.28. The number of rotatable bonds is 5. The van der Waals surface area contributed by atoms with E-state index < -0.39 is 0 Å². The molecule has 3 heteroatoms. The SMILES string of the molecule is CNC(Cc1cccc(Cl)c1Cl)C1CCC(C(C)C)CC1. The third-order valence-electron chi connectivity index (χ3n) is 5.17. The fourth-order valence-electron chi connectivity index (χ4n) is 3.66. The Bertz CT molecular complexity index is 451. The van der Waals surface area contributed by atoms with E-state index in [1.807, 2.05) is 12.1 Å². The van der Waals surface area contributed by atoms with Crippen molar-refractivity contribution >= 4 is 23.2 Å². The fourth-order valence-corrected chi connectivity index (χ4v) is 4.06. The van der Waals surface area contributed by atoms with Crippen molar-refractivity contribution in [3.05, 3.63) is 33.8 Å². The van der Waals surface area contributed by atoms with Crippen molar-refractivity contribution in [1.82, 2.24) is 5.32 Å². The standard InChI is InChI=1S/C18H27Cl2N/c1-12(2)13-7-9-14(10-8-13)17(21-3)11-15-5-4-6-16(19)18(15)20/h4-6,12-14,17,21H,7-11H2,1-3H3. The summed E-state index contributed by atoms with van der Waals surface area (Å²) in [6.45, 7) is 4.71. The predicted molar refractivity (Wildman–Crippen MR) is 93.3 cm³/mol. The Morgan fingerprint density at radius 1 is 1.10 bits per heavy atom. The van der Waals surface area contributed by atoms with Gasteiger partial charge in [0, 0.05) is 6.04 Å². The Labute approximate surface area is 139 Å². The lowest BCUT2D eigenvalue weighted by Crippen LogP contribution is -2.38. The maximum absolute atomic E-state index is 6.34. The van der Waals surface area contributed by atoms with Crippen LogP contribution >= 0.6 is 23.2 Å². The third-order valence-corrected chi connectivity index (χ3v) is 6.03. The van der Waals surface area contributed by atoms with Crippen molar-refractivity contribution < 1.29 is 0 Å². The fraction of sp³-hybridized carbons (Fsp3) is 0.667. The summed E-state index contributed by atoms with van der Waals surface area (Å²) in [5, 5.41) is 4.89. The molecule has 1 unspecified atom stereocenters. The normalized spacial score (nSPS) is 24.3. The highest BCUT2D eigenvalue weighted by Crippen LogP contribution is 2.36. The summed E-state index contributed by atoms with van der Waals surface area (Å²) < 4.78 is 0. The molecule has 1 aromatic rings. The molecule has 1 saturated carbocycles. The molecule has 0 spiro atoms. The molecular weight excluding hydrogens is 301 g/mol. The molecule has 1 aliphatic carbocycles. The highest BCUT2D eigenvalue weighted by atomic mass is 35.5. The molecule has 0 amide bonds. The van der Waals surface area contributed by atoms with Gasteiger partial charge in [-0.1, -0.05) is 49.2 Å². The van der Waals surface area contributed by atoms with E-state index in [0.29, 0.717) is 11.1 Å². The molecule has 1 N–H and O–H groups in total. The molecule has 0 radical (unpaired) electrons. The molecule has 0 bridgehead atoms. The van der Waals surface area contributed by atoms with Crippen LogP contribution in [0.1, 0.15) is 45.1 Å². The second kappa shape index (κ2) is 7.85. The smallest absolute Gasteiger partial charge is 0.0624 e. The van der Waals surface area contributed by atoms with Crippen LogP contribution in [0.5, 0.6) is 0 Å². The van der Waals surface area contributed by atoms with Gasteiger partial charge in [-0.05, 0) is 68.5 Å². The first-order chi connectivity index (χ1) is 10.0. The van der Waals surface area contributed by atoms with Crippen LogP contribution in [0.15, 0.2) is 18.2 Å². The molecule has 0 heterocycles. The summed E-state index contributed by atoms with van der Waals surface area (Å²) in [6.07, 6.45) is 6.35. The Morgan fingerprint density at radius 2 is 1.71 bits per heavy atom. The van der Waals surface area contributed by atoms with Gasteiger partial charge in [-0.15, -0.1) is 0 Å². The molecular formula is C18H27Cl2N. The first-order valence-corrected chi connectivity index (χ1v) is 8.88. The summed E-state index contributed by atoms with van der Waals surface area (Å²) in [5.74, 6) is 2.48. The number of nitrogens with one attached hydrogen (secondary N) is 1. The van der Waals surface area contributed by atoms with Gasteiger partial charge in [0.1, 0.15) is 0 Å². The van der Waals surface area contributed by atoms with Crippen molar-refractivity contribution in [3.8, 4) is 0 Å². The van der Waals surface area contributed by atoms with E-state index in [-0.39, 0.29) is 0 Å². The minimum Gasteiger partial charge on any atom is -0.316 e. The molecule has 1 aliphatic rings. The first kappa shape index (κ1) is 17.1. The Balaban J connectivity index is 1.99.